The summed E-state index contributed by atoms with van der Waals surface area (Å²) in [6.07, 6.45) is 9.24. The summed E-state index contributed by atoms with van der Waals surface area (Å²) in [6.45, 7) is -2.25. The molecule has 1 aromatic carbocycles. The van der Waals surface area contributed by atoms with Crippen LogP contribution in [0.25, 0.3) is 0 Å². The minimum atomic E-state index is -1.38. The molecule has 11 heteroatoms. The molecule has 2 saturated carbocycles. The number of carboxylic acid groups (broad SMARTS) is 2. The molecule has 0 radical (unpaired) electrons. The summed E-state index contributed by atoms with van der Waals surface area (Å²) in [7, 11) is 0. The number of anilines is 2. The molecule has 2 fully saturated rings. The van der Waals surface area contributed by atoms with E-state index in [1.54, 1.807) is 6.07 Å². The quantitative estimate of drug-likeness (QED) is 0.317. The minimum absolute atomic E-state index is 0.0272. The lowest BCUT2D eigenvalue weighted by Crippen LogP contribution is -2.45. The maximum Gasteiger partial charge on any atom is 0.323 e. The van der Waals surface area contributed by atoms with Gasteiger partial charge in [-0.05, 0) is 37.8 Å². The molecule has 5 N–H and O–H groups in total. The van der Waals surface area contributed by atoms with Crippen molar-refractivity contribution in [2.75, 3.05) is 30.3 Å². The first-order valence-electron chi connectivity index (χ1n) is 12.1. The highest BCUT2D eigenvalue weighted by molar-refractivity contribution is 6.02. The number of hydrogen-bond donors (Lipinski definition) is 5. The number of nitrogens with one attached hydrogen (secondary N) is 3. The molecule has 2 amide bonds. The zero-order chi connectivity index (χ0) is 25.4. The van der Waals surface area contributed by atoms with Crippen molar-refractivity contribution in [1.82, 2.24) is 10.2 Å². The van der Waals surface area contributed by atoms with Gasteiger partial charge >= 0.3 is 11.9 Å². The molecule has 0 bridgehead atoms. The molecule has 2 aliphatic carbocycles. The molecule has 0 spiro atoms. The van der Waals surface area contributed by atoms with E-state index in [9.17, 15) is 23.6 Å². The molecule has 2 aliphatic rings. The van der Waals surface area contributed by atoms with E-state index < -0.39 is 49.2 Å². The fraction of sp³-hybridized carbons (Fsp3) is 0.583. The number of rotatable bonds is 11. The van der Waals surface area contributed by atoms with Crippen molar-refractivity contribution in [3.63, 3.8) is 0 Å². The summed E-state index contributed by atoms with van der Waals surface area (Å²) in [5, 5.41) is 26.8. The molecule has 0 unspecified atom stereocenters. The number of amides is 2. The van der Waals surface area contributed by atoms with Crippen LogP contribution in [-0.2, 0) is 14.4 Å². The second-order valence-electron chi connectivity index (χ2n) is 9.20. The summed E-state index contributed by atoms with van der Waals surface area (Å²) >= 11 is 0. The predicted octanol–water partition coefficient (Wildman–Crippen LogP) is 2.65. The van der Waals surface area contributed by atoms with Gasteiger partial charge in [0.15, 0.2) is 0 Å². The van der Waals surface area contributed by atoms with Gasteiger partial charge in [-0.1, -0.05) is 32.1 Å². The minimum Gasteiger partial charge on any atom is -0.480 e. The van der Waals surface area contributed by atoms with Gasteiger partial charge < -0.3 is 31.1 Å². The van der Waals surface area contributed by atoms with Crippen LogP contribution in [0.15, 0.2) is 12.1 Å². The Hall–Kier alpha value is -3.37. The third-order valence-electron chi connectivity index (χ3n) is 6.44. The zero-order valence-electron chi connectivity index (χ0n) is 19.6. The number of carbonyl (C=O) groups is 4. The number of hydrogen-bond acceptors (Lipinski definition) is 6. The van der Waals surface area contributed by atoms with E-state index in [1.165, 1.54) is 6.42 Å². The van der Waals surface area contributed by atoms with E-state index in [1.807, 2.05) is 0 Å². The number of aliphatic carboxylic acids is 2. The second-order valence-corrected chi connectivity index (χ2v) is 9.20. The van der Waals surface area contributed by atoms with Gasteiger partial charge in [0.05, 0.1) is 17.8 Å². The standard InChI is InChI=1S/C24H33FN4O6/c25-18-10-17(24(35)26-12-21(30)29(13-22(31)32)14-23(33)34)19(27-15-8-4-5-9-15)11-20(18)28-16-6-2-1-3-7-16/h10-11,15-16,27-28H,1-9,12-14H2,(H,26,35)(H,31,32)(H,33,34). The Morgan fingerprint density at radius 2 is 1.34 bits per heavy atom. The Labute approximate surface area is 203 Å². The lowest BCUT2D eigenvalue weighted by Gasteiger charge is -2.25. The molecule has 3 rings (SSSR count). The smallest absolute Gasteiger partial charge is 0.323 e. The maximum atomic E-state index is 15.0. The van der Waals surface area contributed by atoms with Gasteiger partial charge in [-0.15, -0.1) is 0 Å². The van der Waals surface area contributed by atoms with Gasteiger partial charge in [0.1, 0.15) is 18.9 Å². The van der Waals surface area contributed by atoms with Crippen LogP contribution >= 0.6 is 0 Å². The average molecular weight is 493 g/mol. The monoisotopic (exact) mass is 492 g/mol. The molecule has 35 heavy (non-hydrogen) atoms. The zero-order valence-corrected chi connectivity index (χ0v) is 19.6. The van der Waals surface area contributed by atoms with E-state index in [-0.39, 0.29) is 17.6 Å². The summed E-state index contributed by atoms with van der Waals surface area (Å²) < 4.78 is 15.0. The molecule has 0 atom stereocenters. The van der Waals surface area contributed by atoms with Crippen molar-refractivity contribution in [3.05, 3.63) is 23.5 Å². The highest BCUT2D eigenvalue weighted by Gasteiger charge is 2.24. The second kappa shape index (κ2) is 12.4. The summed E-state index contributed by atoms with van der Waals surface area (Å²) in [5.74, 6) is -4.92. The molecule has 0 heterocycles. The van der Waals surface area contributed by atoms with Crippen molar-refractivity contribution in [2.45, 2.75) is 69.9 Å². The van der Waals surface area contributed by atoms with Crippen molar-refractivity contribution in [1.29, 1.82) is 0 Å². The fourth-order valence-electron chi connectivity index (χ4n) is 4.67. The van der Waals surface area contributed by atoms with Crippen LogP contribution in [-0.4, -0.2) is 70.6 Å². The molecular weight excluding hydrogens is 459 g/mol. The largest absolute Gasteiger partial charge is 0.480 e. The molecule has 192 valence electrons. The van der Waals surface area contributed by atoms with E-state index in [0.29, 0.717) is 16.3 Å². The van der Waals surface area contributed by atoms with Gasteiger partial charge in [0.25, 0.3) is 5.91 Å². The molecule has 1 aromatic rings. The Balaban J connectivity index is 1.75. The number of carbonyl (C=O) groups excluding carboxylic acids is 2. The van der Waals surface area contributed by atoms with E-state index in [4.69, 9.17) is 10.2 Å². The number of nitrogens with zero attached hydrogens (tertiary/aromatic N) is 1. The van der Waals surface area contributed by atoms with Crippen LogP contribution in [0.1, 0.15) is 68.1 Å². The van der Waals surface area contributed by atoms with Crippen LogP contribution in [0.4, 0.5) is 15.8 Å². The van der Waals surface area contributed by atoms with E-state index in [2.05, 4.69) is 16.0 Å². The van der Waals surface area contributed by atoms with Crippen LogP contribution < -0.4 is 16.0 Å². The Kier molecular flexibility index (Phi) is 9.27. The summed E-state index contributed by atoms with van der Waals surface area (Å²) in [4.78, 5) is 47.8. The van der Waals surface area contributed by atoms with Crippen LogP contribution in [0.5, 0.6) is 0 Å². The topological polar surface area (TPSA) is 148 Å². The summed E-state index contributed by atoms with van der Waals surface area (Å²) in [6, 6.07) is 3.05. The number of benzene rings is 1. The lowest BCUT2D eigenvalue weighted by atomic mass is 9.95. The van der Waals surface area contributed by atoms with Crippen LogP contribution in [0.3, 0.4) is 0 Å². The van der Waals surface area contributed by atoms with Crippen molar-refractivity contribution in [3.8, 4) is 0 Å². The normalized spacial score (nSPS) is 16.5. The van der Waals surface area contributed by atoms with Gasteiger partial charge in [-0.3, -0.25) is 19.2 Å². The van der Waals surface area contributed by atoms with Crippen LogP contribution in [0.2, 0.25) is 0 Å². The fourth-order valence-corrected chi connectivity index (χ4v) is 4.67. The van der Waals surface area contributed by atoms with Crippen molar-refractivity contribution in [2.24, 2.45) is 0 Å². The van der Waals surface area contributed by atoms with Crippen LogP contribution in [0, 0.1) is 5.82 Å². The molecule has 0 aliphatic heterocycles. The SMILES string of the molecule is O=C(O)CN(CC(=O)O)C(=O)CNC(=O)c1cc(F)c(NC2CCCCC2)cc1NC1CCCC1. The van der Waals surface area contributed by atoms with Gasteiger partial charge in [0, 0.05) is 17.8 Å². The first kappa shape index (κ1) is 26.2. The maximum absolute atomic E-state index is 15.0. The average Bonchev–Trinajstić information content (AvgIpc) is 3.32. The summed E-state index contributed by atoms with van der Waals surface area (Å²) in [5.41, 5.74) is 0.799. The Bertz CT molecular complexity index is 928. The highest BCUT2D eigenvalue weighted by Crippen LogP contribution is 2.31. The van der Waals surface area contributed by atoms with Gasteiger partial charge in [-0.25, -0.2) is 4.39 Å². The first-order chi connectivity index (χ1) is 16.7. The third kappa shape index (κ3) is 7.83. The molecular formula is C24H33FN4O6. The number of halogens is 1. The third-order valence-corrected chi connectivity index (χ3v) is 6.44. The molecule has 0 aromatic heterocycles. The first-order valence-corrected chi connectivity index (χ1v) is 12.1. The lowest BCUT2D eigenvalue weighted by molar-refractivity contribution is -0.148. The van der Waals surface area contributed by atoms with Crippen molar-refractivity contribution >= 4 is 35.1 Å². The van der Waals surface area contributed by atoms with Crippen molar-refractivity contribution < 1.29 is 33.8 Å². The number of carboxylic acids is 2. The van der Waals surface area contributed by atoms with E-state index >= 15 is 0 Å². The molecule has 10 nitrogen and oxygen atoms in total. The Morgan fingerprint density at radius 1 is 0.829 bits per heavy atom. The molecule has 0 saturated heterocycles. The van der Waals surface area contributed by atoms with Gasteiger partial charge in [0.2, 0.25) is 5.91 Å². The Morgan fingerprint density at radius 3 is 1.89 bits per heavy atom. The van der Waals surface area contributed by atoms with E-state index in [0.717, 1.165) is 57.4 Å². The van der Waals surface area contributed by atoms with Gasteiger partial charge in [-0.2, -0.15) is 0 Å². The predicted molar refractivity (Wildman–Crippen MR) is 127 cm³/mol. The highest BCUT2D eigenvalue weighted by atomic mass is 19.1.